The number of carbonyl (C=O) groups excluding carboxylic acids is 1. The second kappa shape index (κ2) is 4.54. The maximum absolute atomic E-state index is 11.4. The summed E-state index contributed by atoms with van der Waals surface area (Å²) in [7, 11) is 0. The number of rotatable bonds is 3. The first-order chi connectivity index (χ1) is 6.65. The van der Waals surface area contributed by atoms with Crippen LogP contribution in [0.5, 0.6) is 0 Å². The summed E-state index contributed by atoms with van der Waals surface area (Å²) in [6, 6.07) is 0. The predicted molar refractivity (Wildman–Crippen MR) is 49.1 cm³/mol. The number of amides is 1. The van der Waals surface area contributed by atoms with E-state index in [0.717, 1.165) is 6.42 Å². The average Bonchev–Trinajstić information content (AvgIpc) is 2.51. The van der Waals surface area contributed by atoms with Crippen LogP contribution in [0.15, 0.2) is 5.10 Å². The predicted octanol–water partition coefficient (Wildman–Crippen LogP) is -0.234. The molecule has 7 nitrogen and oxygen atoms in total. The molecular formula is C7H12N4O3. The number of hydrogen-bond donors (Lipinski definition) is 1. The number of carbonyl (C=O) groups is 1. The normalized spacial score (nSPS) is 18.4. The van der Waals surface area contributed by atoms with Crippen molar-refractivity contribution in [1.29, 1.82) is 0 Å². The standard InChI is InChI=1S/C7H12N4O3/c1-2-3-6(12)10-5-4-8-7(10)9-11(13)14/h2-5H2,1H3,(H,8,9). The van der Waals surface area contributed by atoms with Crippen molar-refractivity contribution >= 4 is 11.9 Å². The van der Waals surface area contributed by atoms with Gasteiger partial charge in [-0.25, -0.2) is 10.1 Å². The summed E-state index contributed by atoms with van der Waals surface area (Å²) in [6.45, 7) is 2.85. The van der Waals surface area contributed by atoms with E-state index in [2.05, 4.69) is 10.4 Å². The zero-order valence-electron chi connectivity index (χ0n) is 7.89. The molecule has 0 aliphatic carbocycles. The van der Waals surface area contributed by atoms with E-state index in [1.54, 1.807) is 0 Å². The molecule has 0 radical (unpaired) electrons. The maximum atomic E-state index is 11.4. The summed E-state index contributed by atoms with van der Waals surface area (Å²) in [5, 5.41) is 15.1. The molecule has 0 aromatic heterocycles. The Balaban J connectivity index is 2.68. The van der Waals surface area contributed by atoms with Gasteiger partial charge in [0.05, 0.1) is 0 Å². The van der Waals surface area contributed by atoms with Crippen LogP contribution >= 0.6 is 0 Å². The summed E-state index contributed by atoms with van der Waals surface area (Å²) in [4.78, 5) is 22.9. The van der Waals surface area contributed by atoms with E-state index in [9.17, 15) is 14.9 Å². The number of nitrogens with zero attached hydrogens (tertiary/aromatic N) is 3. The average molecular weight is 200 g/mol. The van der Waals surface area contributed by atoms with Crippen LogP contribution in [-0.4, -0.2) is 34.9 Å². The fourth-order valence-corrected chi connectivity index (χ4v) is 1.24. The number of hydrogen-bond acceptors (Lipinski definition) is 3. The van der Waals surface area contributed by atoms with Crippen LogP contribution in [-0.2, 0) is 4.79 Å². The molecule has 14 heavy (non-hydrogen) atoms. The number of nitro groups is 1. The Morgan fingerprint density at radius 3 is 3.07 bits per heavy atom. The molecular weight excluding hydrogens is 188 g/mol. The summed E-state index contributed by atoms with van der Waals surface area (Å²) in [5.41, 5.74) is 0. The molecule has 0 saturated carbocycles. The topological polar surface area (TPSA) is 87.8 Å². The smallest absolute Gasteiger partial charge is 0.278 e. The van der Waals surface area contributed by atoms with Crippen LogP contribution < -0.4 is 5.32 Å². The number of hydrazone groups is 1. The third kappa shape index (κ3) is 2.41. The Bertz CT molecular complexity index is 276. The second-order valence-corrected chi connectivity index (χ2v) is 2.88. The molecule has 1 aliphatic heterocycles. The van der Waals surface area contributed by atoms with Gasteiger partial charge in [-0.15, -0.1) is 0 Å². The lowest BCUT2D eigenvalue weighted by Crippen LogP contribution is -2.36. The highest BCUT2D eigenvalue weighted by Gasteiger charge is 2.26. The zero-order chi connectivity index (χ0) is 10.6. The largest absolute Gasteiger partial charge is 0.349 e. The molecule has 1 fully saturated rings. The van der Waals surface area contributed by atoms with E-state index < -0.39 is 5.03 Å². The lowest BCUT2D eigenvalue weighted by atomic mass is 10.3. The van der Waals surface area contributed by atoms with Gasteiger partial charge in [0.15, 0.2) is 5.03 Å². The maximum Gasteiger partial charge on any atom is 0.278 e. The van der Waals surface area contributed by atoms with E-state index in [-0.39, 0.29) is 11.9 Å². The van der Waals surface area contributed by atoms with Crippen molar-refractivity contribution in [3.63, 3.8) is 0 Å². The fraction of sp³-hybridized carbons (Fsp3) is 0.714. The molecule has 1 heterocycles. The minimum atomic E-state index is -0.806. The summed E-state index contributed by atoms with van der Waals surface area (Å²) >= 11 is 0. The van der Waals surface area contributed by atoms with E-state index in [0.29, 0.717) is 19.5 Å². The van der Waals surface area contributed by atoms with E-state index in [4.69, 9.17) is 0 Å². The Hall–Kier alpha value is -1.66. The van der Waals surface area contributed by atoms with Crippen LogP contribution in [0.25, 0.3) is 0 Å². The third-order valence-corrected chi connectivity index (χ3v) is 1.82. The van der Waals surface area contributed by atoms with Gasteiger partial charge in [-0.2, -0.15) is 0 Å². The molecule has 0 bridgehead atoms. The molecule has 0 aromatic rings. The highest BCUT2D eigenvalue weighted by atomic mass is 16.7. The first-order valence-electron chi connectivity index (χ1n) is 4.42. The van der Waals surface area contributed by atoms with Crippen molar-refractivity contribution in [2.45, 2.75) is 19.8 Å². The van der Waals surface area contributed by atoms with Crippen LogP contribution in [0.2, 0.25) is 0 Å². The van der Waals surface area contributed by atoms with Crippen LogP contribution in [0, 0.1) is 10.1 Å². The van der Waals surface area contributed by atoms with Crippen molar-refractivity contribution in [1.82, 2.24) is 10.2 Å². The Morgan fingerprint density at radius 1 is 1.79 bits per heavy atom. The summed E-state index contributed by atoms with van der Waals surface area (Å²) in [5.74, 6) is -0.0773. The third-order valence-electron chi connectivity index (χ3n) is 1.82. The summed E-state index contributed by atoms with van der Waals surface area (Å²) < 4.78 is 0. The van der Waals surface area contributed by atoms with Gasteiger partial charge in [0.2, 0.25) is 5.91 Å². The first-order valence-corrected chi connectivity index (χ1v) is 4.42. The van der Waals surface area contributed by atoms with Gasteiger partial charge in [-0.05, 0) is 6.42 Å². The first kappa shape index (κ1) is 10.4. The highest BCUT2D eigenvalue weighted by molar-refractivity contribution is 5.98. The zero-order valence-corrected chi connectivity index (χ0v) is 7.89. The van der Waals surface area contributed by atoms with Crippen molar-refractivity contribution in [2.24, 2.45) is 5.10 Å². The Labute approximate surface area is 80.9 Å². The Morgan fingerprint density at radius 2 is 2.50 bits per heavy atom. The molecule has 78 valence electrons. The monoisotopic (exact) mass is 200 g/mol. The number of nitrogens with one attached hydrogen (secondary N) is 1. The van der Waals surface area contributed by atoms with Crippen molar-refractivity contribution in [2.75, 3.05) is 13.1 Å². The molecule has 0 atom stereocenters. The lowest BCUT2D eigenvalue weighted by molar-refractivity contribution is -0.485. The van der Waals surface area contributed by atoms with Crippen molar-refractivity contribution in [3.05, 3.63) is 10.1 Å². The van der Waals surface area contributed by atoms with E-state index >= 15 is 0 Å². The van der Waals surface area contributed by atoms with Gasteiger partial charge in [-0.3, -0.25) is 9.69 Å². The van der Waals surface area contributed by atoms with Crippen LogP contribution in [0.4, 0.5) is 0 Å². The molecule has 1 saturated heterocycles. The van der Waals surface area contributed by atoms with Gasteiger partial charge in [0.25, 0.3) is 5.96 Å². The molecule has 1 aliphatic rings. The SMILES string of the molecule is CCCC(=O)N1CCNC1=N[N+](=O)[O-]. The van der Waals surface area contributed by atoms with Gasteiger partial charge >= 0.3 is 0 Å². The second-order valence-electron chi connectivity index (χ2n) is 2.88. The molecule has 0 unspecified atom stereocenters. The summed E-state index contributed by atoms with van der Waals surface area (Å²) in [6.07, 6.45) is 1.11. The minimum absolute atomic E-state index is 0.0495. The molecule has 0 spiro atoms. The molecule has 1 rings (SSSR count). The minimum Gasteiger partial charge on any atom is -0.349 e. The highest BCUT2D eigenvalue weighted by Crippen LogP contribution is 2.02. The number of guanidine groups is 1. The van der Waals surface area contributed by atoms with Crippen LogP contribution in [0.1, 0.15) is 19.8 Å². The molecule has 7 heteroatoms. The van der Waals surface area contributed by atoms with Gasteiger partial charge < -0.3 is 5.32 Å². The van der Waals surface area contributed by atoms with Crippen molar-refractivity contribution in [3.8, 4) is 0 Å². The van der Waals surface area contributed by atoms with Crippen LogP contribution in [0.3, 0.4) is 0 Å². The lowest BCUT2D eigenvalue weighted by Gasteiger charge is -2.12. The van der Waals surface area contributed by atoms with Gasteiger partial charge in [0.1, 0.15) is 5.10 Å². The van der Waals surface area contributed by atoms with Gasteiger partial charge in [-0.1, -0.05) is 6.92 Å². The molecule has 1 amide bonds. The van der Waals surface area contributed by atoms with E-state index in [1.807, 2.05) is 6.92 Å². The van der Waals surface area contributed by atoms with E-state index in [1.165, 1.54) is 4.90 Å². The molecule has 1 N–H and O–H groups in total. The fourth-order valence-electron chi connectivity index (χ4n) is 1.24. The quantitative estimate of drug-likeness (QED) is 0.503. The van der Waals surface area contributed by atoms with Gasteiger partial charge in [0, 0.05) is 19.5 Å². The van der Waals surface area contributed by atoms with Crippen molar-refractivity contribution < 1.29 is 9.83 Å². The molecule has 0 aromatic carbocycles. The Kier molecular flexibility index (Phi) is 3.38.